The van der Waals surface area contributed by atoms with Crippen LogP contribution in [0.3, 0.4) is 0 Å². The van der Waals surface area contributed by atoms with Gasteiger partial charge in [-0.05, 0) is 12.3 Å². The van der Waals surface area contributed by atoms with Gasteiger partial charge < -0.3 is 10.2 Å². The zero-order chi connectivity index (χ0) is 15.5. The number of likely N-dealkylation sites (tertiary alicyclic amines) is 1. The Bertz CT molecular complexity index is 358. The van der Waals surface area contributed by atoms with Crippen LogP contribution in [0.5, 0.6) is 0 Å². The Hall–Kier alpha value is -1.06. The summed E-state index contributed by atoms with van der Waals surface area (Å²) in [6, 6.07) is 0.0862. The maximum absolute atomic E-state index is 12.2. The largest absolute Gasteiger partial charge is 0.351 e. The van der Waals surface area contributed by atoms with Crippen molar-refractivity contribution in [3.63, 3.8) is 0 Å². The maximum atomic E-state index is 12.2. The molecule has 1 aliphatic rings. The van der Waals surface area contributed by atoms with E-state index in [2.05, 4.69) is 12.2 Å². The molecule has 1 rings (SSSR count). The fourth-order valence-electron chi connectivity index (χ4n) is 2.55. The summed E-state index contributed by atoms with van der Waals surface area (Å²) in [6.07, 6.45) is 2.02. The Morgan fingerprint density at radius 3 is 2.30 bits per heavy atom. The summed E-state index contributed by atoms with van der Waals surface area (Å²) in [5.41, 5.74) is -0.383. The minimum atomic E-state index is -0.383. The van der Waals surface area contributed by atoms with Crippen molar-refractivity contribution in [3.8, 4) is 0 Å². The van der Waals surface area contributed by atoms with Crippen molar-refractivity contribution in [2.45, 2.75) is 60.4 Å². The van der Waals surface area contributed by atoms with Crippen LogP contribution in [0.15, 0.2) is 0 Å². The summed E-state index contributed by atoms with van der Waals surface area (Å²) in [5.74, 6) is 0.760. The van der Waals surface area contributed by atoms with Gasteiger partial charge in [-0.2, -0.15) is 0 Å². The smallest absolute Gasteiger partial charge is 0.225 e. The number of piperidine rings is 1. The molecule has 0 aromatic carbocycles. The number of carbonyl (C=O) groups excluding carboxylic acids is 2. The number of amides is 2. The lowest BCUT2D eigenvalue weighted by Gasteiger charge is -2.39. The molecule has 4 heteroatoms. The highest BCUT2D eigenvalue weighted by Gasteiger charge is 2.32. The standard InChI is InChI=1S/C16H30N2O2/c1-7-12-8-13(17-15(20)16(4,5)6)10-18(9-12)14(19)11(2)3/h11-13H,7-10H2,1-6H3,(H,17,20). The lowest BCUT2D eigenvalue weighted by atomic mass is 9.89. The number of nitrogens with zero attached hydrogens (tertiary/aromatic N) is 1. The number of hydrogen-bond donors (Lipinski definition) is 1. The van der Waals surface area contributed by atoms with Crippen molar-refractivity contribution < 1.29 is 9.59 Å². The lowest BCUT2D eigenvalue weighted by molar-refractivity contribution is -0.138. The molecule has 1 N–H and O–H groups in total. The van der Waals surface area contributed by atoms with E-state index in [0.717, 1.165) is 19.4 Å². The third-order valence-electron chi connectivity index (χ3n) is 3.94. The molecule has 4 nitrogen and oxygen atoms in total. The topological polar surface area (TPSA) is 49.4 Å². The molecule has 1 aliphatic heterocycles. The molecule has 2 unspecified atom stereocenters. The van der Waals surface area contributed by atoms with Gasteiger partial charge in [0, 0.05) is 30.5 Å². The highest BCUT2D eigenvalue weighted by Crippen LogP contribution is 2.22. The normalized spacial score (nSPS) is 23.9. The zero-order valence-electron chi connectivity index (χ0n) is 13.8. The van der Waals surface area contributed by atoms with E-state index in [1.165, 1.54) is 0 Å². The summed E-state index contributed by atoms with van der Waals surface area (Å²) in [7, 11) is 0. The molecule has 0 aromatic rings. The minimum Gasteiger partial charge on any atom is -0.351 e. The van der Waals surface area contributed by atoms with E-state index in [9.17, 15) is 9.59 Å². The molecule has 2 atom stereocenters. The minimum absolute atomic E-state index is 0.0181. The number of nitrogens with one attached hydrogen (secondary N) is 1. The van der Waals surface area contributed by atoms with Gasteiger partial charge in [0.1, 0.15) is 0 Å². The van der Waals surface area contributed by atoms with E-state index in [1.54, 1.807) is 0 Å². The molecule has 0 aromatic heterocycles. The highest BCUT2D eigenvalue weighted by molar-refractivity contribution is 5.82. The average Bonchev–Trinajstić information content (AvgIpc) is 2.36. The van der Waals surface area contributed by atoms with Crippen LogP contribution in [0.25, 0.3) is 0 Å². The second-order valence-electron chi connectivity index (χ2n) is 7.33. The van der Waals surface area contributed by atoms with E-state index in [4.69, 9.17) is 0 Å². The van der Waals surface area contributed by atoms with Crippen LogP contribution in [0.1, 0.15) is 54.4 Å². The van der Waals surface area contributed by atoms with E-state index < -0.39 is 0 Å². The first kappa shape index (κ1) is 17.0. The molecule has 0 aliphatic carbocycles. The van der Waals surface area contributed by atoms with Crippen molar-refractivity contribution in [3.05, 3.63) is 0 Å². The van der Waals surface area contributed by atoms with Crippen LogP contribution in [-0.4, -0.2) is 35.8 Å². The van der Waals surface area contributed by atoms with Crippen LogP contribution in [-0.2, 0) is 9.59 Å². The van der Waals surface area contributed by atoms with Gasteiger partial charge in [0.25, 0.3) is 0 Å². The maximum Gasteiger partial charge on any atom is 0.225 e. The fourth-order valence-corrected chi connectivity index (χ4v) is 2.55. The summed E-state index contributed by atoms with van der Waals surface area (Å²) in [5, 5.41) is 3.11. The van der Waals surface area contributed by atoms with Gasteiger partial charge >= 0.3 is 0 Å². The van der Waals surface area contributed by atoms with Gasteiger partial charge in [-0.25, -0.2) is 0 Å². The quantitative estimate of drug-likeness (QED) is 0.864. The van der Waals surface area contributed by atoms with E-state index >= 15 is 0 Å². The molecular weight excluding hydrogens is 252 g/mol. The molecular formula is C16H30N2O2. The Labute approximate surface area is 123 Å². The second kappa shape index (κ2) is 6.59. The van der Waals surface area contributed by atoms with Crippen molar-refractivity contribution in [2.24, 2.45) is 17.3 Å². The third kappa shape index (κ3) is 4.50. The first-order chi connectivity index (χ1) is 9.15. The van der Waals surface area contributed by atoms with E-state index in [-0.39, 0.29) is 29.2 Å². The van der Waals surface area contributed by atoms with Gasteiger partial charge in [0.05, 0.1) is 0 Å². The van der Waals surface area contributed by atoms with Crippen LogP contribution in [0, 0.1) is 17.3 Å². The first-order valence-electron chi connectivity index (χ1n) is 7.74. The fraction of sp³-hybridized carbons (Fsp3) is 0.875. The van der Waals surface area contributed by atoms with Crippen LogP contribution >= 0.6 is 0 Å². The summed E-state index contributed by atoms with van der Waals surface area (Å²) < 4.78 is 0. The van der Waals surface area contributed by atoms with Gasteiger partial charge in [0.2, 0.25) is 11.8 Å². The molecule has 1 saturated heterocycles. The van der Waals surface area contributed by atoms with Crippen molar-refractivity contribution in [2.75, 3.05) is 13.1 Å². The number of rotatable bonds is 3. The predicted molar refractivity (Wildman–Crippen MR) is 81.2 cm³/mol. The molecule has 0 spiro atoms. The molecule has 1 heterocycles. The van der Waals surface area contributed by atoms with E-state index in [1.807, 2.05) is 39.5 Å². The molecule has 20 heavy (non-hydrogen) atoms. The Morgan fingerprint density at radius 1 is 1.25 bits per heavy atom. The predicted octanol–water partition coefficient (Wildman–Crippen LogP) is 2.43. The molecule has 0 radical (unpaired) electrons. The average molecular weight is 282 g/mol. The Kier molecular flexibility index (Phi) is 5.60. The second-order valence-corrected chi connectivity index (χ2v) is 7.33. The van der Waals surface area contributed by atoms with E-state index in [0.29, 0.717) is 12.5 Å². The number of hydrogen-bond acceptors (Lipinski definition) is 2. The summed E-state index contributed by atoms with van der Waals surface area (Å²) in [4.78, 5) is 26.3. The third-order valence-corrected chi connectivity index (χ3v) is 3.94. The lowest BCUT2D eigenvalue weighted by Crippen LogP contribution is -2.54. The molecule has 2 amide bonds. The molecule has 0 saturated carbocycles. The first-order valence-corrected chi connectivity index (χ1v) is 7.74. The highest BCUT2D eigenvalue weighted by atomic mass is 16.2. The summed E-state index contributed by atoms with van der Waals surface area (Å²) >= 11 is 0. The van der Waals surface area contributed by atoms with Crippen LogP contribution in [0.2, 0.25) is 0 Å². The molecule has 1 fully saturated rings. The Balaban J connectivity index is 2.72. The SMILES string of the molecule is CCC1CC(NC(=O)C(C)(C)C)CN(C(=O)C(C)C)C1. The monoisotopic (exact) mass is 282 g/mol. The van der Waals surface area contributed by atoms with Gasteiger partial charge in [-0.1, -0.05) is 48.0 Å². The molecule has 0 bridgehead atoms. The summed E-state index contributed by atoms with van der Waals surface area (Å²) in [6.45, 7) is 13.2. The van der Waals surface area contributed by atoms with Crippen molar-refractivity contribution >= 4 is 11.8 Å². The molecule has 116 valence electrons. The van der Waals surface area contributed by atoms with Gasteiger partial charge in [-0.3, -0.25) is 9.59 Å². The zero-order valence-corrected chi connectivity index (χ0v) is 13.8. The Morgan fingerprint density at radius 2 is 1.85 bits per heavy atom. The van der Waals surface area contributed by atoms with Gasteiger partial charge in [0.15, 0.2) is 0 Å². The number of carbonyl (C=O) groups is 2. The van der Waals surface area contributed by atoms with Crippen LogP contribution < -0.4 is 5.32 Å². The van der Waals surface area contributed by atoms with Crippen LogP contribution in [0.4, 0.5) is 0 Å². The van der Waals surface area contributed by atoms with Gasteiger partial charge in [-0.15, -0.1) is 0 Å². The van der Waals surface area contributed by atoms with Crippen molar-refractivity contribution in [1.82, 2.24) is 10.2 Å². The van der Waals surface area contributed by atoms with Crippen molar-refractivity contribution in [1.29, 1.82) is 0 Å².